The third-order valence-electron chi connectivity index (χ3n) is 11.2. The Balaban J connectivity index is 1.19. The lowest BCUT2D eigenvalue weighted by Gasteiger charge is -2.29. The van der Waals surface area contributed by atoms with Crippen LogP contribution in [0.4, 0.5) is 11.5 Å². The van der Waals surface area contributed by atoms with E-state index in [-0.39, 0.29) is 12.0 Å². The molecule has 2 atom stereocenters. The summed E-state index contributed by atoms with van der Waals surface area (Å²) >= 11 is 0. The van der Waals surface area contributed by atoms with Gasteiger partial charge in [0.2, 0.25) is 0 Å². The zero-order valence-electron chi connectivity index (χ0n) is 32.0. The normalized spacial score (nSPS) is 15.3. The second-order valence-electron chi connectivity index (χ2n) is 14.9. The minimum Gasteiger partial charge on any atom is -0.318 e. The zero-order valence-corrected chi connectivity index (χ0v) is 32.0. The molecule has 0 amide bonds. The number of nitrogens with zero attached hydrogens (tertiary/aromatic N) is 6. The SMILES string of the molecule is C1=CC2c3ccc4ccccc4c3N(c3cc(-c4nc(-c5ccccc5)cc(-c5ccccc5)n4)cc(-c4nc(-c5ccccc5)cc(-c5ccccc5)n4)n3)C2C=C1. The van der Waals surface area contributed by atoms with Crippen LogP contribution in [0.1, 0.15) is 11.5 Å². The molecule has 4 heterocycles. The first-order chi connectivity index (χ1) is 29.2. The van der Waals surface area contributed by atoms with Gasteiger partial charge in [-0.25, -0.2) is 24.9 Å². The summed E-state index contributed by atoms with van der Waals surface area (Å²) in [6.45, 7) is 0. The molecule has 6 heteroatoms. The minimum atomic E-state index is 0.00399. The van der Waals surface area contributed by atoms with Gasteiger partial charge in [0.25, 0.3) is 0 Å². The van der Waals surface area contributed by atoms with Crippen LogP contribution in [-0.2, 0) is 0 Å². The highest BCUT2D eigenvalue weighted by Crippen LogP contribution is 2.51. The van der Waals surface area contributed by atoms with Gasteiger partial charge in [-0.1, -0.05) is 182 Å². The molecule has 2 unspecified atom stereocenters. The molecule has 1 aliphatic carbocycles. The highest BCUT2D eigenvalue weighted by molar-refractivity contribution is 6.00. The van der Waals surface area contributed by atoms with E-state index in [1.807, 2.05) is 72.8 Å². The Labute approximate surface area is 342 Å². The number of benzene rings is 6. The van der Waals surface area contributed by atoms with Crippen molar-refractivity contribution < 1.29 is 0 Å². The molecule has 0 saturated heterocycles. The molecule has 0 N–H and O–H groups in total. The summed E-state index contributed by atoms with van der Waals surface area (Å²) in [4.78, 5) is 29.0. The smallest absolute Gasteiger partial charge is 0.179 e. The first-order valence-corrected chi connectivity index (χ1v) is 19.9. The van der Waals surface area contributed by atoms with Gasteiger partial charge < -0.3 is 4.90 Å². The Morgan fingerprint density at radius 2 is 0.864 bits per heavy atom. The van der Waals surface area contributed by atoms with Crippen molar-refractivity contribution in [2.24, 2.45) is 0 Å². The summed E-state index contributed by atoms with van der Waals surface area (Å²) in [7, 11) is 0. The molecule has 0 fully saturated rings. The Morgan fingerprint density at radius 1 is 0.373 bits per heavy atom. The number of fused-ring (bicyclic) bond motifs is 5. The lowest BCUT2D eigenvalue weighted by atomic mass is 9.90. The summed E-state index contributed by atoms with van der Waals surface area (Å²) in [5.74, 6) is 2.03. The molecule has 3 aromatic heterocycles. The van der Waals surface area contributed by atoms with Gasteiger partial charge in [-0.3, -0.25) is 0 Å². The topological polar surface area (TPSA) is 67.7 Å². The van der Waals surface area contributed by atoms with Crippen LogP contribution in [0.5, 0.6) is 0 Å². The molecule has 6 nitrogen and oxygen atoms in total. The molecular weight excluding hydrogens is 721 g/mol. The number of pyridine rings is 1. The number of allylic oxidation sites excluding steroid dienone is 2. The number of rotatable bonds is 7. The van der Waals surface area contributed by atoms with Gasteiger partial charge >= 0.3 is 0 Å². The van der Waals surface area contributed by atoms with Crippen molar-refractivity contribution >= 4 is 22.3 Å². The maximum Gasteiger partial charge on any atom is 0.179 e. The average molecular weight is 757 g/mol. The van der Waals surface area contributed by atoms with E-state index in [0.29, 0.717) is 17.3 Å². The Morgan fingerprint density at radius 3 is 1.42 bits per heavy atom. The van der Waals surface area contributed by atoms with Gasteiger partial charge in [-0.15, -0.1) is 0 Å². The summed E-state index contributed by atoms with van der Waals surface area (Å²) in [5.41, 5.74) is 11.2. The van der Waals surface area contributed by atoms with Crippen molar-refractivity contribution in [1.82, 2.24) is 24.9 Å². The van der Waals surface area contributed by atoms with E-state index in [9.17, 15) is 0 Å². The summed E-state index contributed by atoms with van der Waals surface area (Å²) in [5, 5.41) is 2.36. The van der Waals surface area contributed by atoms with Crippen LogP contribution < -0.4 is 4.90 Å². The predicted octanol–water partition coefficient (Wildman–Crippen LogP) is 12.5. The largest absolute Gasteiger partial charge is 0.318 e. The van der Waals surface area contributed by atoms with E-state index in [4.69, 9.17) is 24.9 Å². The molecule has 0 bridgehead atoms. The van der Waals surface area contributed by atoms with Crippen LogP contribution in [0.25, 0.3) is 78.7 Å². The van der Waals surface area contributed by atoms with Crippen molar-refractivity contribution in [1.29, 1.82) is 0 Å². The van der Waals surface area contributed by atoms with Crippen LogP contribution in [0.2, 0.25) is 0 Å². The monoisotopic (exact) mass is 756 g/mol. The molecule has 11 rings (SSSR count). The van der Waals surface area contributed by atoms with Crippen molar-refractivity contribution in [3.05, 3.63) is 212 Å². The van der Waals surface area contributed by atoms with Crippen LogP contribution in [-0.4, -0.2) is 31.0 Å². The third kappa shape index (κ3) is 6.37. The maximum absolute atomic E-state index is 5.53. The van der Waals surface area contributed by atoms with E-state index in [1.54, 1.807) is 0 Å². The Kier molecular flexibility index (Phi) is 8.51. The maximum atomic E-state index is 5.53. The van der Waals surface area contributed by atoms with E-state index in [0.717, 1.165) is 62.1 Å². The van der Waals surface area contributed by atoms with Gasteiger partial charge in [0.05, 0.1) is 34.5 Å². The van der Waals surface area contributed by atoms with Crippen LogP contribution in [0.15, 0.2) is 206 Å². The lowest BCUT2D eigenvalue weighted by molar-refractivity contribution is 0.738. The minimum absolute atomic E-state index is 0.00399. The fourth-order valence-corrected chi connectivity index (χ4v) is 8.40. The molecule has 6 aromatic carbocycles. The Hall–Kier alpha value is -7.83. The first kappa shape index (κ1) is 34.4. The van der Waals surface area contributed by atoms with Crippen molar-refractivity contribution in [2.75, 3.05) is 4.90 Å². The number of hydrogen-bond acceptors (Lipinski definition) is 6. The van der Waals surface area contributed by atoms with Crippen LogP contribution >= 0.6 is 0 Å². The molecule has 278 valence electrons. The summed E-state index contributed by atoms with van der Waals surface area (Å²) in [6, 6.07) is 62.6. The molecule has 9 aromatic rings. The first-order valence-electron chi connectivity index (χ1n) is 19.9. The van der Waals surface area contributed by atoms with Crippen LogP contribution in [0, 0.1) is 0 Å². The van der Waals surface area contributed by atoms with Gasteiger partial charge in [-0.2, -0.15) is 0 Å². The van der Waals surface area contributed by atoms with E-state index >= 15 is 0 Å². The lowest BCUT2D eigenvalue weighted by Crippen LogP contribution is -2.29. The van der Waals surface area contributed by atoms with Gasteiger partial charge in [0, 0.05) is 39.1 Å². The molecule has 0 spiro atoms. The van der Waals surface area contributed by atoms with E-state index < -0.39 is 0 Å². The summed E-state index contributed by atoms with van der Waals surface area (Å²) < 4.78 is 0. The third-order valence-corrected chi connectivity index (χ3v) is 11.2. The molecular formula is C53H36N6. The summed E-state index contributed by atoms with van der Waals surface area (Å²) in [6.07, 6.45) is 8.89. The van der Waals surface area contributed by atoms with Crippen molar-refractivity contribution in [3.8, 4) is 67.9 Å². The number of hydrogen-bond donors (Lipinski definition) is 0. The number of anilines is 2. The highest BCUT2D eigenvalue weighted by Gasteiger charge is 2.39. The fourth-order valence-electron chi connectivity index (χ4n) is 8.40. The zero-order chi connectivity index (χ0) is 39.1. The predicted molar refractivity (Wildman–Crippen MR) is 239 cm³/mol. The molecule has 2 aliphatic rings. The molecule has 59 heavy (non-hydrogen) atoms. The van der Waals surface area contributed by atoms with Gasteiger partial charge in [0.1, 0.15) is 11.5 Å². The van der Waals surface area contributed by atoms with Gasteiger partial charge in [0.15, 0.2) is 11.6 Å². The highest BCUT2D eigenvalue weighted by atomic mass is 15.2. The molecule has 1 aliphatic heterocycles. The average Bonchev–Trinajstić information content (AvgIpc) is 3.67. The van der Waals surface area contributed by atoms with Crippen molar-refractivity contribution in [2.45, 2.75) is 12.0 Å². The Bertz CT molecular complexity index is 2790. The van der Waals surface area contributed by atoms with Crippen LogP contribution in [0.3, 0.4) is 0 Å². The van der Waals surface area contributed by atoms with E-state index in [1.165, 1.54) is 16.3 Å². The van der Waals surface area contributed by atoms with Gasteiger partial charge in [-0.05, 0) is 35.2 Å². The second kappa shape index (κ2) is 14.6. The second-order valence-corrected chi connectivity index (χ2v) is 14.9. The molecule has 0 saturated carbocycles. The van der Waals surface area contributed by atoms with Crippen molar-refractivity contribution in [3.63, 3.8) is 0 Å². The fraction of sp³-hybridized carbons (Fsp3) is 0.0377. The quantitative estimate of drug-likeness (QED) is 0.161. The molecule has 0 radical (unpaired) electrons. The standard InChI is InChI=1S/C53H36N6/c1-5-18-36(19-6-1)44-33-45(37-20-7-2-8-21-37)56-52(55-44)40-31-48(53-57-46(38-22-9-3-10-23-38)34-47(58-53)39-24-11-4-12-25-39)54-50(32-40)59-49-28-16-15-27-42(49)43-30-29-35-17-13-14-26-41(35)51(43)59/h1-34,42,49H. The van der Waals surface area contributed by atoms with E-state index in [2.05, 4.69) is 138 Å². The number of aromatic nitrogens is 5.